The maximum absolute atomic E-state index is 13.8. The molecule has 0 saturated carbocycles. The molecule has 6 nitrogen and oxygen atoms in total. The van der Waals surface area contributed by atoms with Crippen LogP contribution in [0.25, 0.3) is 0 Å². The summed E-state index contributed by atoms with van der Waals surface area (Å²) in [7, 11) is 0. The quantitative estimate of drug-likeness (QED) is 0.665. The van der Waals surface area contributed by atoms with Crippen LogP contribution in [0.2, 0.25) is 0 Å². The molecule has 2 amide bonds. The van der Waals surface area contributed by atoms with Crippen LogP contribution in [0.4, 0.5) is 20.2 Å². The first-order valence-corrected chi connectivity index (χ1v) is 8.91. The van der Waals surface area contributed by atoms with Gasteiger partial charge in [0.2, 0.25) is 5.91 Å². The lowest BCUT2D eigenvalue weighted by molar-refractivity contribution is -0.146. The lowest BCUT2D eigenvalue weighted by Crippen LogP contribution is -2.35. The summed E-state index contributed by atoms with van der Waals surface area (Å²) in [6.07, 6.45) is 4.00. The Balaban J connectivity index is 1.79. The monoisotopic (exact) mass is 400 g/mol. The highest BCUT2D eigenvalue weighted by Crippen LogP contribution is 2.28. The van der Waals surface area contributed by atoms with Crippen LogP contribution in [-0.2, 0) is 9.59 Å². The van der Waals surface area contributed by atoms with Gasteiger partial charge in [0.05, 0.1) is 28.8 Å². The van der Waals surface area contributed by atoms with Crippen LogP contribution in [0.15, 0.2) is 54.6 Å². The SMILES string of the molecule is O=C(Nc1ccc(F)cc1F)c1ccccc1NC(=O)[C@H]1CC=CC[C@@H]1C(=O)O. The molecule has 150 valence electrons. The minimum Gasteiger partial charge on any atom is -0.481 e. The number of para-hydroxylation sites is 1. The average molecular weight is 400 g/mol. The van der Waals surface area contributed by atoms with Crippen LogP contribution in [0.1, 0.15) is 23.2 Å². The first kappa shape index (κ1) is 20.2. The molecule has 0 radical (unpaired) electrons. The molecule has 0 unspecified atom stereocenters. The molecule has 0 bridgehead atoms. The highest BCUT2D eigenvalue weighted by atomic mass is 19.1. The molecule has 3 rings (SSSR count). The highest BCUT2D eigenvalue weighted by molar-refractivity contribution is 6.10. The second kappa shape index (κ2) is 8.64. The van der Waals surface area contributed by atoms with Crippen molar-refractivity contribution < 1.29 is 28.3 Å². The minimum atomic E-state index is -1.06. The Bertz CT molecular complexity index is 990. The molecule has 8 heteroatoms. The Kier molecular flexibility index (Phi) is 6.01. The van der Waals surface area contributed by atoms with Gasteiger partial charge in [-0.1, -0.05) is 24.3 Å². The lowest BCUT2D eigenvalue weighted by Gasteiger charge is -2.24. The Morgan fingerprint density at radius 1 is 0.897 bits per heavy atom. The molecule has 0 fully saturated rings. The Labute approximate surface area is 165 Å². The van der Waals surface area contributed by atoms with Gasteiger partial charge in [-0.05, 0) is 37.1 Å². The molecule has 29 heavy (non-hydrogen) atoms. The van der Waals surface area contributed by atoms with Crippen molar-refractivity contribution in [2.75, 3.05) is 10.6 Å². The van der Waals surface area contributed by atoms with Gasteiger partial charge in [-0.25, -0.2) is 8.78 Å². The van der Waals surface area contributed by atoms with Crippen LogP contribution in [0, 0.1) is 23.5 Å². The predicted octanol–water partition coefficient (Wildman–Crippen LogP) is 3.82. The summed E-state index contributed by atoms with van der Waals surface area (Å²) in [6.45, 7) is 0. The fraction of sp³-hybridized carbons (Fsp3) is 0.190. The molecule has 2 atom stereocenters. The van der Waals surface area contributed by atoms with Crippen LogP contribution in [0.5, 0.6) is 0 Å². The molecule has 0 aliphatic heterocycles. The third-order valence-electron chi connectivity index (χ3n) is 4.70. The molecule has 2 aromatic rings. The molecular weight excluding hydrogens is 382 g/mol. The lowest BCUT2D eigenvalue weighted by atomic mass is 9.82. The van der Waals surface area contributed by atoms with E-state index in [1.54, 1.807) is 24.3 Å². The molecule has 0 spiro atoms. The molecule has 0 saturated heterocycles. The summed E-state index contributed by atoms with van der Waals surface area (Å²) in [5.74, 6) is -5.62. The predicted molar refractivity (Wildman–Crippen MR) is 102 cm³/mol. The summed E-state index contributed by atoms with van der Waals surface area (Å²) in [5.41, 5.74) is 0.0138. The zero-order valence-electron chi connectivity index (χ0n) is 15.2. The summed E-state index contributed by atoms with van der Waals surface area (Å²) < 4.78 is 26.8. The number of carbonyl (C=O) groups is 3. The van der Waals surface area contributed by atoms with Crippen LogP contribution < -0.4 is 10.6 Å². The number of hydrogen-bond donors (Lipinski definition) is 3. The number of carboxylic acids is 1. The number of allylic oxidation sites excluding steroid dienone is 2. The molecule has 0 aromatic heterocycles. The number of aliphatic carboxylic acids is 1. The van der Waals surface area contributed by atoms with E-state index in [2.05, 4.69) is 10.6 Å². The second-order valence-corrected chi connectivity index (χ2v) is 6.61. The Morgan fingerprint density at radius 3 is 2.28 bits per heavy atom. The van der Waals surface area contributed by atoms with Crippen molar-refractivity contribution in [2.45, 2.75) is 12.8 Å². The van der Waals surface area contributed by atoms with E-state index in [-0.39, 0.29) is 29.8 Å². The van der Waals surface area contributed by atoms with E-state index in [0.717, 1.165) is 12.1 Å². The zero-order chi connectivity index (χ0) is 21.0. The maximum Gasteiger partial charge on any atom is 0.307 e. The van der Waals surface area contributed by atoms with Gasteiger partial charge in [0.25, 0.3) is 5.91 Å². The van der Waals surface area contributed by atoms with E-state index in [1.807, 2.05) is 0 Å². The summed E-state index contributed by atoms with van der Waals surface area (Å²) >= 11 is 0. The number of halogens is 2. The van der Waals surface area contributed by atoms with E-state index in [9.17, 15) is 28.3 Å². The van der Waals surface area contributed by atoms with Gasteiger partial charge in [0, 0.05) is 6.07 Å². The van der Waals surface area contributed by atoms with Crippen LogP contribution in [-0.4, -0.2) is 22.9 Å². The molecule has 1 aliphatic carbocycles. The number of rotatable bonds is 5. The summed E-state index contributed by atoms with van der Waals surface area (Å²) in [4.78, 5) is 36.7. The Morgan fingerprint density at radius 2 is 1.59 bits per heavy atom. The van der Waals surface area contributed by atoms with Gasteiger partial charge in [0.15, 0.2) is 0 Å². The number of nitrogens with one attached hydrogen (secondary N) is 2. The topological polar surface area (TPSA) is 95.5 Å². The fourth-order valence-electron chi connectivity index (χ4n) is 3.17. The van der Waals surface area contributed by atoms with E-state index < -0.39 is 41.3 Å². The van der Waals surface area contributed by atoms with E-state index in [4.69, 9.17) is 0 Å². The number of benzene rings is 2. The van der Waals surface area contributed by atoms with Crippen molar-refractivity contribution in [1.29, 1.82) is 0 Å². The molecular formula is C21H18F2N2O4. The van der Waals surface area contributed by atoms with Gasteiger partial charge >= 0.3 is 5.97 Å². The van der Waals surface area contributed by atoms with Gasteiger partial charge in [-0.3, -0.25) is 14.4 Å². The number of carbonyl (C=O) groups excluding carboxylic acids is 2. The zero-order valence-corrected chi connectivity index (χ0v) is 15.2. The van der Waals surface area contributed by atoms with E-state index in [1.165, 1.54) is 12.1 Å². The second-order valence-electron chi connectivity index (χ2n) is 6.61. The van der Waals surface area contributed by atoms with Crippen molar-refractivity contribution >= 4 is 29.2 Å². The number of carboxylic acid groups (broad SMARTS) is 1. The number of amides is 2. The molecule has 0 heterocycles. The molecule has 3 N–H and O–H groups in total. The summed E-state index contributed by atoms with van der Waals surface area (Å²) in [6, 6.07) is 8.83. The first-order chi connectivity index (χ1) is 13.9. The van der Waals surface area contributed by atoms with Crippen LogP contribution >= 0.6 is 0 Å². The van der Waals surface area contributed by atoms with E-state index in [0.29, 0.717) is 6.07 Å². The van der Waals surface area contributed by atoms with Crippen molar-refractivity contribution in [2.24, 2.45) is 11.8 Å². The standard InChI is InChI=1S/C21H18F2N2O4/c22-12-9-10-18(16(23)11-12)25-20(27)15-7-3-4-8-17(15)24-19(26)13-5-1-2-6-14(13)21(28)29/h1-4,7-11,13-14H,5-6H2,(H,24,26)(H,25,27)(H,28,29)/t13-,14-/m0/s1. The smallest absolute Gasteiger partial charge is 0.307 e. The maximum atomic E-state index is 13.8. The molecule has 1 aliphatic rings. The number of hydrogen-bond acceptors (Lipinski definition) is 3. The average Bonchev–Trinajstić information content (AvgIpc) is 2.70. The van der Waals surface area contributed by atoms with Gasteiger partial charge in [-0.15, -0.1) is 0 Å². The largest absolute Gasteiger partial charge is 0.481 e. The number of anilines is 2. The van der Waals surface area contributed by atoms with Gasteiger partial charge in [-0.2, -0.15) is 0 Å². The third-order valence-corrected chi connectivity index (χ3v) is 4.70. The Hall–Kier alpha value is -3.55. The normalized spacial score (nSPS) is 18.1. The van der Waals surface area contributed by atoms with Crippen molar-refractivity contribution in [3.63, 3.8) is 0 Å². The summed E-state index contributed by atoms with van der Waals surface area (Å²) in [5, 5.41) is 14.3. The van der Waals surface area contributed by atoms with Crippen molar-refractivity contribution in [3.8, 4) is 0 Å². The van der Waals surface area contributed by atoms with Crippen molar-refractivity contribution in [3.05, 3.63) is 71.8 Å². The van der Waals surface area contributed by atoms with E-state index >= 15 is 0 Å². The minimum absolute atomic E-state index is 0.0581. The highest BCUT2D eigenvalue weighted by Gasteiger charge is 2.34. The van der Waals surface area contributed by atoms with Crippen LogP contribution in [0.3, 0.4) is 0 Å². The van der Waals surface area contributed by atoms with Gasteiger partial charge < -0.3 is 15.7 Å². The fourth-order valence-corrected chi connectivity index (χ4v) is 3.17. The third kappa shape index (κ3) is 4.66. The first-order valence-electron chi connectivity index (χ1n) is 8.91. The molecule has 2 aromatic carbocycles. The van der Waals surface area contributed by atoms with Crippen molar-refractivity contribution in [1.82, 2.24) is 0 Å². The van der Waals surface area contributed by atoms with Gasteiger partial charge in [0.1, 0.15) is 11.6 Å².